The van der Waals surface area contributed by atoms with Crippen LogP contribution < -0.4 is 9.80 Å². The Kier molecular flexibility index (Phi) is 4.88. The maximum atomic E-state index is 13.2. The Labute approximate surface area is 230 Å². The van der Waals surface area contributed by atoms with Crippen LogP contribution in [0.1, 0.15) is 28.8 Å². The molecule has 0 unspecified atom stereocenters. The number of amides is 4. The summed E-state index contributed by atoms with van der Waals surface area (Å²) < 4.78 is 0. The second-order valence-electron chi connectivity index (χ2n) is 11.9. The van der Waals surface area contributed by atoms with Crippen molar-refractivity contribution < 1.29 is 24.0 Å². The number of nitrogens with zero attached hydrogens (tertiary/aromatic N) is 2. The Morgan fingerprint density at radius 2 is 1.07 bits per heavy atom. The third-order valence-electron chi connectivity index (χ3n) is 9.89. The monoisotopic (exact) mass is 530 g/mol. The smallest absolute Gasteiger partial charge is 0.238 e. The SMILES string of the molecule is O=C(/C=C/c1cccc(N2C(=O)[C@H]3[C@H](C2=O)[C@H]2C=C[C@H]3C2)c1)c1cccc(N2C(=O)[C@@H]3[C@H](C2=O)[C@H]2C=C[C@H]3C2)c1. The normalized spacial score (nSPS) is 34.7. The lowest BCUT2D eigenvalue weighted by molar-refractivity contribution is -0.124. The molecule has 8 atom stereocenters. The Morgan fingerprint density at radius 3 is 1.57 bits per heavy atom. The molecule has 2 saturated carbocycles. The predicted molar refractivity (Wildman–Crippen MR) is 147 cm³/mol. The van der Waals surface area contributed by atoms with E-state index in [1.807, 2.05) is 6.07 Å². The van der Waals surface area contributed by atoms with Crippen LogP contribution in [0.25, 0.3) is 6.08 Å². The second kappa shape index (κ2) is 8.31. The molecule has 198 valence electrons. The lowest BCUT2D eigenvalue weighted by atomic mass is 9.85. The highest BCUT2D eigenvalue weighted by Gasteiger charge is 2.60. The van der Waals surface area contributed by atoms with Crippen LogP contribution in [0.15, 0.2) is 78.9 Å². The maximum Gasteiger partial charge on any atom is 0.238 e. The highest BCUT2D eigenvalue weighted by Crippen LogP contribution is 2.54. The van der Waals surface area contributed by atoms with Crippen molar-refractivity contribution in [2.24, 2.45) is 47.3 Å². The van der Waals surface area contributed by atoms with Crippen molar-refractivity contribution >= 4 is 46.9 Å². The van der Waals surface area contributed by atoms with E-state index in [1.54, 1.807) is 48.5 Å². The largest absolute Gasteiger partial charge is 0.289 e. The van der Waals surface area contributed by atoms with Gasteiger partial charge in [0.2, 0.25) is 23.6 Å². The first kappa shape index (κ1) is 23.5. The van der Waals surface area contributed by atoms with Crippen molar-refractivity contribution in [3.8, 4) is 0 Å². The van der Waals surface area contributed by atoms with Crippen molar-refractivity contribution in [2.45, 2.75) is 12.8 Å². The maximum absolute atomic E-state index is 13.2. The van der Waals surface area contributed by atoms with Crippen LogP contribution in [-0.2, 0) is 19.2 Å². The van der Waals surface area contributed by atoms with Crippen LogP contribution in [0, 0.1) is 47.3 Å². The molecule has 0 aromatic heterocycles. The first-order valence-corrected chi connectivity index (χ1v) is 14.0. The van der Waals surface area contributed by atoms with E-state index in [1.165, 1.54) is 15.9 Å². The number of ketones is 1. The molecule has 4 fully saturated rings. The van der Waals surface area contributed by atoms with Crippen LogP contribution >= 0.6 is 0 Å². The summed E-state index contributed by atoms with van der Waals surface area (Å²) in [6, 6.07) is 13.7. The third-order valence-corrected chi connectivity index (χ3v) is 9.89. The van der Waals surface area contributed by atoms with E-state index in [-0.39, 0.29) is 76.8 Å². The average molecular weight is 531 g/mol. The summed E-state index contributed by atoms with van der Waals surface area (Å²) >= 11 is 0. The van der Waals surface area contributed by atoms with Gasteiger partial charge < -0.3 is 0 Å². The first-order valence-electron chi connectivity index (χ1n) is 14.0. The first-order chi connectivity index (χ1) is 19.4. The highest BCUT2D eigenvalue weighted by atomic mass is 16.2. The summed E-state index contributed by atoms with van der Waals surface area (Å²) in [5, 5.41) is 0. The van der Waals surface area contributed by atoms with Crippen LogP contribution in [0.2, 0.25) is 0 Å². The van der Waals surface area contributed by atoms with Crippen LogP contribution in [0.5, 0.6) is 0 Å². The Bertz CT molecular complexity index is 1570. The summed E-state index contributed by atoms with van der Waals surface area (Å²) in [7, 11) is 0. The number of carbonyl (C=O) groups excluding carboxylic acids is 5. The molecule has 2 aromatic carbocycles. The van der Waals surface area contributed by atoms with Crippen LogP contribution in [-0.4, -0.2) is 29.4 Å². The van der Waals surface area contributed by atoms with Crippen LogP contribution in [0.4, 0.5) is 11.4 Å². The van der Waals surface area contributed by atoms with Gasteiger partial charge in [0.1, 0.15) is 0 Å². The molecule has 6 aliphatic rings. The Balaban J connectivity index is 1.01. The molecule has 0 spiro atoms. The zero-order valence-corrected chi connectivity index (χ0v) is 21.6. The van der Waals surface area contributed by atoms with Gasteiger partial charge in [-0.05, 0) is 72.4 Å². The number of hydrogen-bond acceptors (Lipinski definition) is 5. The molecule has 8 rings (SSSR count). The molecule has 2 aromatic rings. The zero-order valence-electron chi connectivity index (χ0n) is 21.6. The van der Waals surface area contributed by atoms with Crippen molar-refractivity contribution in [3.05, 3.63) is 90.0 Å². The molecule has 40 heavy (non-hydrogen) atoms. The number of imide groups is 2. The number of fused-ring (bicyclic) bond motifs is 10. The molecule has 7 nitrogen and oxygen atoms in total. The molecule has 2 heterocycles. The molecule has 7 heteroatoms. The minimum Gasteiger partial charge on any atom is -0.289 e. The highest BCUT2D eigenvalue weighted by molar-refractivity contribution is 6.24. The topological polar surface area (TPSA) is 91.8 Å². The molecule has 4 amide bonds. The fourth-order valence-electron chi connectivity index (χ4n) is 8.15. The van der Waals surface area contributed by atoms with E-state index >= 15 is 0 Å². The molecule has 2 saturated heterocycles. The Morgan fingerprint density at radius 1 is 0.625 bits per heavy atom. The van der Waals surface area contributed by atoms with Crippen molar-refractivity contribution in [3.63, 3.8) is 0 Å². The molecule has 0 radical (unpaired) electrons. The standard InChI is InChI=1S/C33H26N2O5/c36-25(18-4-2-6-24(16-18)35-32(39)28-21-10-11-22(15-21)29(28)33(35)40)12-7-17-3-1-5-23(13-17)34-30(37)26-19-8-9-20(14-19)27(26)31(34)38/h1-13,16,19-22,26-29H,14-15H2/b12-7+/t19-,20-,21-,22-,26+,27+,28-,29+/m0/s1. The number of rotatable bonds is 5. The summed E-state index contributed by atoms with van der Waals surface area (Å²) in [4.78, 5) is 68.4. The summed E-state index contributed by atoms with van der Waals surface area (Å²) in [6.07, 6.45) is 13.1. The number of allylic oxidation sites excluding steroid dienone is 5. The lowest BCUT2D eigenvalue weighted by Crippen LogP contribution is -2.32. The van der Waals surface area contributed by atoms with Gasteiger partial charge in [-0.15, -0.1) is 0 Å². The predicted octanol–water partition coefficient (Wildman–Crippen LogP) is 4.21. The third kappa shape index (κ3) is 3.14. The number of carbonyl (C=O) groups is 5. The molecular weight excluding hydrogens is 504 g/mol. The van der Waals surface area contributed by atoms with Crippen molar-refractivity contribution in [1.82, 2.24) is 0 Å². The summed E-state index contributed by atoms with van der Waals surface area (Å²) in [5.41, 5.74) is 1.98. The minimum atomic E-state index is -0.297. The molecular formula is C33H26N2O5. The number of benzene rings is 2. The fraction of sp³-hybridized carbons (Fsp3) is 0.303. The van der Waals surface area contributed by atoms with Gasteiger partial charge in [0, 0.05) is 5.56 Å². The van der Waals surface area contributed by atoms with E-state index in [2.05, 4.69) is 24.3 Å². The molecule has 4 aliphatic carbocycles. The zero-order chi connectivity index (χ0) is 27.3. The minimum absolute atomic E-state index is 0.123. The van der Waals surface area contributed by atoms with Gasteiger partial charge in [-0.25, -0.2) is 9.80 Å². The van der Waals surface area contributed by atoms with Crippen molar-refractivity contribution in [1.29, 1.82) is 0 Å². The fourth-order valence-corrected chi connectivity index (χ4v) is 8.15. The van der Waals surface area contributed by atoms with E-state index in [9.17, 15) is 24.0 Å². The molecule has 0 N–H and O–H groups in total. The number of anilines is 2. The van der Waals surface area contributed by atoms with Gasteiger partial charge in [0.25, 0.3) is 0 Å². The summed E-state index contributed by atoms with van der Waals surface area (Å²) in [6.45, 7) is 0. The van der Waals surface area contributed by atoms with Gasteiger partial charge >= 0.3 is 0 Å². The summed E-state index contributed by atoms with van der Waals surface area (Å²) in [5.74, 6) is -1.51. The second-order valence-corrected chi connectivity index (χ2v) is 11.9. The van der Waals surface area contributed by atoms with Crippen molar-refractivity contribution in [2.75, 3.05) is 9.80 Å². The average Bonchev–Trinajstić information content (AvgIpc) is 3.80. The van der Waals surface area contributed by atoms with Gasteiger partial charge in [-0.3, -0.25) is 24.0 Å². The van der Waals surface area contributed by atoms with E-state index in [4.69, 9.17) is 0 Å². The van der Waals surface area contributed by atoms with E-state index < -0.39 is 0 Å². The van der Waals surface area contributed by atoms with E-state index in [0.29, 0.717) is 22.5 Å². The van der Waals surface area contributed by atoms with Gasteiger partial charge in [-0.2, -0.15) is 0 Å². The van der Waals surface area contributed by atoms with Gasteiger partial charge in [-0.1, -0.05) is 54.6 Å². The Hall–Kier alpha value is -4.39. The lowest BCUT2D eigenvalue weighted by Gasteiger charge is -2.18. The quantitative estimate of drug-likeness (QED) is 0.250. The van der Waals surface area contributed by atoms with Crippen LogP contribution in [0.3, 0.4) is 0 Å². The molecule has 2 aliphatic heterocycles. The molecule has 4 bridgehead atoms. The van der Waals surface area contributed by atoms with E-state index in [0.717, 1.165) is 12.8 Å². The van der Waals surface area contributed by atoms with Gasteiger partial charge in [0.15, 0.2) is 5.78 Å². The number of hydrogen-bond donors (Lipinski definition) is 0. The van der Waals surface area contributed by atoms with Gasteiger partial charge in [0.05, 0.1) is 35.0 Å².